The van der Waals surface area contributed by atoms with Crippen LogP contribution in [0.25, 0.3) is 0 Å². The number of nitro groups is 1. The van der Waals surface area contributed by atoms with Crippen molar-refractivity contribution in [3.8, 4) is 0 Å². The number of benzene rings is 2. The quantitative estimate of drug-likeness (QED) is 0.598. The van der Waals surface area contributed by atoms with Gasteiger partial charge in [0.15, 0.2) is 0 Å². The molecule has 0 saturated heterocycles. The van der Waals surface area contributed by atoms with Crippen LogP contribution < -0.4 is 5.32 Å². The molecule has 104 valence electrons. The van der Waals surface area contributed by atoms with E-state index in [4.69, 9.17) is 0 Å². The van der Waals surface area contributed by atoms with Gasteiger partial charge in [-0.1, -0.05) is 44.0 Å². The average Bonchev–Trinajstić information content (AvgIpc) is 2.41. The molecule has 0 aliphatic heterocycles. The van der Waals surface area contributed by atoms with Gasteiger partial charge in [0.2, 0.25) is 0 Å². The Labute approximate surface area is 133 Å². The van der Waals surface area contributed by atoms with Crippen LogP contribution in [0.3, 0.4) is 0 Å². The van der Waals surface area contributed by atoms with Gasteiger partial charge in [0.25, 0.3) is 5.69 Å². The molecule has 4 nitrogen and oxygen atoms in total. The lowest BCUT2D eigenvalue weighted by Gasteiger charge is -2.06. The first kappa shape index (κ1) is 15.2. The molecule has 0 aliphatic rings. The summed E-state index contributed by atoms with van der Waals surface area (Å²) in [7, 11) is 0. The summed E-state index contributed by atoms with van der Waals surface area (Å²) in [6.45, 7) is 1.11. The number of nitrogens with zero attached hydrogens (tertiary/aromatic N) is 1. The standard InChI is InChI=1S/C14H12Br2N2O2/c15-12-3-1-10(2-4-12)8-17-9-11-7-13(16)5-6-14(11)18(19)20/h1-7,17H,8-9H2. The fourth-order valence-corrected chi connectivity index (χ4v) is 2.49. The van der Waals surface area contributed by atoms with Crippen LogP contribution in [0.15, 0.2) is 51.4 Å². The van der Waals surface area contributed by atoms with Crippen LogP contribution in [0, 0.1) is 10.1 Å². The molecule has 0 fully saturated rings. The molecule has 0 saturated carbocycles. The van der Waals surface area contributed by atoms with Gasteiger partial charge in [-0.15, -0.1) is 0 Å². The number of hydrogen-bond donors (Lipinski definition) is 1. The van der Waals surface area contributed by atoms with E-state index >= 15 is 0 Å². The monoisotopic (exact) mass is 398 g/mol. The highest BCUT2D eigenvalue weighted by Crippen LogP contribution is 2.23. The molecule has 2 rings (SSSR count). The maximum absolute atomic E-state index is 11.0. The normalized spacial score (nSPS) is 10.5. The van der Waals surface area contributed by atoms with Crippen molar-refractivity contribution >= 4 is 37.5 Å². The minimum Gasteiger partial charge on any atom is -0.308 e. The molecular weight excluding hydrogens is 388 g/mol. The van der Waals surface area contributed by atoms with E-state index in [0.29, 0.717) is 18.7 Å². The lowest BCUT2D eigenvalue weighted by Crippen LogP contribution is -2.13. The molecule has 1 N–H and O–H groups in total. The SMILES string of the molecule is O=[N+]([O-])c1ccc(Br)cc1CNCc1ccc(Br)cc1. The van der Waals surface area contributed by atoms with Crippen LogP contribution in [-0.2, 0) is 13.1 Å². The molecule has 6 heteroatoms. The van der Waals surface area contributed by atoms with E-state index in [1.807, 2.05) is 24.3 Å². The van der Waals surface area contributed by atoms with Gasteiger partial charge in [-0.05, 0) is 29.8 Å². The van der Waals surface area contributed by atoms with Gasteiger partial charge in [0, 0.05) is 33.7 Å². The predicted molar refractivity (Wildman–Crippen MR) is 85.5 cm³/mol. The third-order valence-corrected chi connectivity index (χ3v) is 3.82. The Morgan fingerprint density at radius 2 is 1.65 bits per heavy atom. The lowest BCUT2D eigenvalue weighted by atomic mass is 10.1. The Balaban J connectivity index is 2.02. The maximum atomic E-state index is 11.0. The minimum absolute atomic E-state index is 0.136. The summed E-state index contributed by atoms with van der Waals surface area (Å²) in [4.78, 5) is 10.6. The van der Waals surface area contributed by atoms with Crippen molar-refractivity contribution in [2.24, 2.45) is 0 Å². The van der Waals surface area contributed by atoms with Crippen LogP contribution in [0.2, 0.25) is 0 Å². The molecule has 0 bridgehead atoms. The van der Waals surface area contributed by atoms with Crippen LogP contribution >= 0.6 is 31.9 Å². The van der Waals surface area contributed by atoms with E-state index in [2.05, 4.69) is 37.2 Å². The summed E-state index contributed by atoms with van der Waals surface area (Å²) in [6, 6.07) is 12.9. The first-order valence-electron chi connectivity index (χ1n) is 5.94. The maximum Gasteiger partial charge on any atom is 0.273 e. The average molecular weight is 400 g/mol. The number of rotatable bonds is 5. The van der Waals surface area contributed by atoms with Gasteiger partial charge >= 0.3 is 0 Å². The number of hydrogen-bond acceptors (Lipinski definition) is 3. The summed E-state index contributed by atoms with van der Waals surface area (Å²) >= 11 is 6.72. The van der Waals surface area contributed by atoms with E-state index in [1.54, 1.807) is 12.1 Å². The topological polar surface area (TPSA) is 55.2 Å². The number of nitrogens with one attached hydrogen (secondary N) is 1. The Morgan fingerprint density at radius 1 is 1.00 bits per heavy atom. The molecule has 0 spiro atoms. The van der Waals surface area contributed by atoms with Crippen molar-refractivity contribution in [2.75, 3.05) is 0 Å². The fourth-order valence-electron chi connectivity index (χ4n) is 1.82. The first-order valence-corrected chi connectivity index (χ1v) is 7.53. The minimum atomic E-state index is -0.358. The zero-order chi connectivity index (χ0) is 14.5. The van der Waals surface area contributed by atoms with Crippen molar-refractivity contribution in [3.63, 3.8) is 0 Å². The van der Waals surface area contributed by atoms with Gasteiger partial charge < -0.3 is 5.32 Å². The molecule has 0 aliphatic carbocycles. The molecule has 20 heavy (non-hydrogen) atoms. The first-order chi connectivity index (χ1) is 9.56. The second-order valence-electron chi connectivity index (χ2n) is 4.26. The highest BCUT2D eigenvalue weighted by Gasteiger charge is 2.13. The summed E-state index contributed by atoms with van der Waals surface area (Å²) in [5.74, 6) is 0. The molecule has 0 atom stereocenters. The molecular formula is C14H12Br2N2O2. The highest BCUT2D eigenvalue weighted by atomic mass is 79.9. The third-order valence-electron chi connectivity index (χ3n) is 2.80. The van der Waals surface area contributed by atoms with E-state index in [-0.39, 0.29) is 10.6 Å². The van der Waals surface area contributed by atoms with E-state index in [0.717, 1.165) is 14.5 Å². The second-order valence-corrected chi connectivity index (χ2v) is 6.09. The van der Waals surface area contributed by atoms with E-state index < -0.39 is 0 Å². The number of nitro benzene ring substituents is 1. The third kappa shape index (κ3) is 4.13. The van der Waals surface area contributed by atoms with Crippen molar-refractivity contribution in [3.05, 3.63) is 72.7 Å². The number of halogens is 2. The molecule has 0 aromatic heterocycles. The Bertz CT molecular complexity index is 615. The van der Waals surface area contributed by atoms with Crippen LogP contribution in [-0.4, -0.2) is 4.92 Å². The second kappa shape index (κ2) is 6.97. The smallest absolute Gasteiger partial charge is 0.273 e. The van der Waals surface area contributed by atoms with Crippen molar-refractivity contribution < 1.29 is 4.92 Å². The van der Waals surface area contributed by atoms with Crippen LogP contribution in [0.4, 0.5) is 5.69 Å². The Kier molecular flexibility index (Phi) is 5.28. The molecule has 2 aromatic carbocycles. The molecule has 0 unspecified atom stereocenters. The summed E-state index contributed by atoms with van der Waals surface area (Å²) in [6.07, 6.45) is 0. The zero-order valence-corrected chi connectivity index (χ0v) is 13.6. The molecule has 0 amide bonds. The van der Waals surface area contributed by atoms with Crippen molar-refractivity contribution in [1.82, 2.24) is 5.32 Å². The van der Waals surface area contributed by atoms with Crippen LogP contribution in [0.5, 0.6) is 0 Å². The van der Waals surface area contributed by atoms with Crippen molar-refractivity contribution in [1.29, 1.82) is 0 Å². The van der Waals surface area contributed by atoms with Crippen molar-refractivity contribution in [2.45, 2.75) is 13.1 Å². The fraction of sp³-hybridized carbons (Fsp3) is 0.143. The largest absolute Gasteiger partial charge is 0.308 e. The van der Waals surface area contributed by atoms with E-state index in [9.17, 15) is 10.1 Å². The van der Waals surface area contributed by atoms with Gasteiger partial charge in [-0.2, -0.15) is 0 Å². The zero-order valence-electron chi connectivity index (χ0n) is 10.5. The molecule has 0 radical (unpaired) electrons. The van der Waals surface area contributed by atoms with Crippen LogP contribution in [0.1, 0.15) is 11.1 Å². The van der Waals surface area contributed by atoms with Gasteiger partial charge in [0.05, 0.1) is 4.92 Å². The highest BCUT2D eigenvalue weighted by molar-refractivity contribution is 9.10. The molecule has 2 aromatic rings. The van der Waals surface area contributed by atoms with Gasteiger partial charge in [-0.3, -0.25) is 10.1 Å². The predicted octanol–water partition coefficient (Wildman–Crippen LogP) is 4.41. The summed E-state index contributed by atoms with van der Waals surface area (Å²) in [5.41, 5.74) is 1.93. The summed E-state index contributed by atoms with van der Waals surface area (Å²) in [5, 5.41) is 14.2. The van der Waals surface area contributed by atoms with Gasteiger partial charge in [0.1, 0.15) is 0 Å². The lowest BCUT2D eigenvalue weighted by molar-refractivity contribution is -0.385. The van der Waals surface area contributed by atoms with E-state index in [1.165, 1.54) is 6.07 Å². The molecule has 0 heterocycles. The van der Waals surface area contributed by atoms with Gasteiger partial charge in [-0.25, -0.2) is 0 Å². The summed E-state index contributed by atoms with van der Waals surface area (Å²) < 4.78 is 1.87. The Hall–Kier alpha value is -1.24. The Morgan fingerprint density at radius 3 is 2.30 bits per heavy atom.